The largest absolute Gasteiger partial charge is 0.508 e. The van der Waals surface area contributed by atoms with E-state index in [0.29, 0.717) is 23.6 Å². The molecule has 0 radical (unpaired) electrons. The second kappa shape index (κ2) is 12.4. The smallest absolute Gasteiger partial charge is 0.137 e. The SMILES string of the molecule is C=CCCC(c1cc2c(c(N3CCC=CC[C@@H]3C)n1)=CC=C(c1ccc(O)c(CC)c1)CC=2)[C@@H](C)CC. The molecule has 37 heavy (non-hydrogen) atoms. The molecule has 1 aromatic heterocycles. The molecule has 0 fully saturated rings. The fraction of sp³-hybridized carbons (Fsp3) is 0.441. The summed E-state index contributed by atoms with van der Waals surface area (Å²) in [6, 6.07) is 8.78. The van der Waals surface area contributed by atoms with Crippen LogP contribution in [0, 0.1) is 5.92 Å². The van der Waals surface area contributed by atoms with E-state index in [1.165, 1.54) is 27.3 Å². The van der Waals surface area contributed by atoms with Crippen LogP contribution in [-0.4, -0.2) is 22.7 Å². The van der Waals surface area contributed by atoms with Gasteiger partial charge in [0.15, 0.2) is 0 Å². The van der Waals surface area contributed by atoms with Crippen LogP contribution in [0.3, 0.4) is 0 Å². The zero-order valence-corrected chi connectivity index (χ0v) is 23.2. The summed E-state index contributed by atoms with van der Waals surface area (Å²) >= 11 is 0. The number of fused-ring (bicyclic) bond motifs is 1. The van der Waals surface area contributed by atoms with E-state index in [1.807, 2.05) is 18.2 Å². The molecule has 2 heterocycles. The number of hydrogen-bond donors (Lipinski definition) is 1. The molecule has 1 aromatic carbocycles. The lowest BCUT2D eigenvalue weighted by Gasteiger charge is -2.31. The Kier molecular flexibility index (Phi) is 9.08. The molecule has 0 spiro atoms. The maximum absolute atomic E-state index is 10.2. The number of aromatic nitrogens is 1. The molecule has 3 heteroatoms. The third-order valence-corrected chi connectivity index (χ3v) is 8.29. The van der Waals surface area contributed by atoms with Crippen LogP contribution in [0.2, 0.25) is 0 Å². The first-order valence-electron chi connectivity index (χ1n) is 14.2. The molecule has 3 atom stereocenters. The summed E-state index contributed by atoms with van der Waals surface area (Å²) < 4.78 is 0. The van der Waals surface area contributed by atoms with Crippen molar-refractivity contribution in [3.8, 4) is 5.75 Å². The van der Waals surface area contributed by atoms with Gasteiger partial charge in [0, 0.05) is 29.4 Å². The van der Waals surface area contributed by atoms with Crippen molar-refractivity contribution in [3.63, 3.8) is 0 Å². The molecule has 4 rings (SSSR count). The predicted octanol–water partition coefficient (Wildman–Crippen LogP) is 7.04. The van der Waals surface area contributed by atoms with E-state index >= 15 is 0 Å². The summed E-state index contributed by atoms with van der Waals surface area (Å²) in [5.41, 5.74) is 4.67. The fourth-order valence-electron chi connectivity index (χ4n) is 5.68. The Balaban J connectivity index is 1.86. The van der Waals surface area contributed by atoms with Gasteiger partial charge in [-0.2, -0.15) is 0 Å². The summed E-state index contributed by atoms with van der Waals surface area (Å²) in [7, 11) is 0. The van der Waals surface area contributed by atoms with Gasteiger partial charge in [0.1, 0.15) is 11.6 Å². The van der Waals surface area contributed by atoms with Crippen molar-refractivity contribution in [2.24, 2.45) is 5.92 Å². The van der Waals surface area contributed by atoms with Crippen LogP contribution in [-0.2, 0) is 6.42 Å². The van der Waals surface area contributed by atoms with Crippen molar-refractivity contribution in [1.82, 2.24) is 4.98 Å². The Labute approximate surface area is 223 Å². The molecule has 2 aliphatic rings. The van der Waals surface area contributed by atoms with E-state index in [1.54, 1.807) is 0 Å². The van der Waals surface area contributed by atoms with Crippen molar-refractivity contribution in [2.45, 2.75) is 84.6 Å². The van der Waals surface area contributed by atoms with Gasteiger partial charge >= 0.3 is 0 Å². The predicted molar refractivity (Wildman–Crippen MR) is 159 cm³/mol. The molecular formula is C34H44N2O. The molecule has 0 saturated heterocycles. The van der Waals surface area contributed by atoms with E-state index in [-0.39, 0.29) is 0 Å². The maximum atomic E-state index is 10.2. The summed E-state index contributed by atoms with van der Waals surface area (Å²) in [6.07, 6.45) is 20.6. The highest BCUT2D eigenvalue weighted by molar-refractivity contribution is 5.77. The number of pyridine rings is 1. The number of anilines is 1. The molecule has 0 amide bonds. The first-order chi connectivity index (χ1) is 18.0. The quantitative estimate of drug-likeness (QED) is 0.378. The van der Waals surface area contributed by atoms with Crippen LogP contribution in [0.5, 0.6) is 5.75 Å². The lowest BCUT2D eigenvalue weighted by molar-refractivity contribution is 0.416. The molecule has 1 aliphatic carbocycles. The second-order valence-electron chi connectivity index (χ2n) is 10.7. The van der Waals surface area contributed by atoms with Gasteiger partial charge in [-0.1, -0.05) is 69.7 Å². The van der Waals surface area contributed by atoms with Gasteiger partial charge in [-0.15, -0.1) is 6.58 Å². The van der Waals surface area contributed by atoms with Gasteiger partial charge < -0.3 is 10.0 Å². The number of phenols is 1. The number of phenolic OH excluding ortho intramolecular Hbond substituents is 1. The van der Waals surface area contributed by atoms with Gasteiger partial charge in [0.25, 0.3) is 0 Å². The molecular weight excluding hydrogens is 452 g/mol. The van der Waals surface area contributed by atoms with E-state index in [0.717, 1.165) is 62.9 Å². The van der Waals surface area contributed by atoms with Crippen LogP contribution in [0.4, 0.5) is 5.82 Å². The number of aryl methyl sites for hydroxylation is 1. The normalized spacial score (nSPS) is 19.0. The lowest BCUT2D eigenvalue weighted by Crippen LogP contribution is -2.41. The Morgan fingerprint density at radius 1 is 1.19 bits per heavy atom. The van der Waals surface area contributed by atoms with Gasteiger partial charge in [0.2, 0.25) is 0 Å². The van der Waals surface area contributed by atoms with Crippen LogP contribution in [0.15, 0.2) is 55.1 Å². The van der Waals surface area contributed by atoms with E-state index < -0.39 is 0 Å². The van der Waals surface area contributed by atoms with Gasteiger partial charge in [0.05, 0.1) is 0 Å². The lowest BCUT2D eigenvalue weighted by atomic mass is 9.84. The third-order valence-electron chi connectivity index (χ3n) is 8.29. The first-order valence-corrected chi connectivity index (χ1v) is 14.2. The van der Waals surface area contributed by atoms with Crippen molar-refractivity contribution < 1.29 is 5.11 Å². The topological polar surface area (TPSA) is 36.4 Å². The Morgan fingerprint density at radius 3 is 2.78 bits per heavy atom. The number of benzene rings is 1. The minimum Gasteiger partial charge on any atom is -0.508 e. The van der Waals surface area contributed by atoms with Crippen LogP contribution in [0.25, 0.3) is 17.7 Å². The van der Waals surface area contributed by atoms with Crippen LogP contribution in [0.1, 0.15) is 89.0 Å². The minimum absolute atomic E-state index is 0.382. The average Bonchev–Trinajstić information content (AvgIpc) is 3.26. The monoisotopic (exact) mass is 496 g/mol. The maximum Gasteiger partial charge on any atom is 0.137 e. The number of nitrogens with zero attached hydrogens (tertiary/aromatic N) is 2. The Hall–Kier alpha value is -3.07. The molecule has 2 aromatic rings. The number of allylic oxidation sites excluding steroid dienone is 3. The molecule has 196 valence electrons. The Bertz CT molecular complexity index is 1290. The molecule has 1 unspecified atom stereocenters. The Morgan fingerprint density at radius 2 is 2.03 bits per heavy atom. The van der Waals surface area contributed by atoms with Crippen LogP contribution < -0.4 is 15.3 Å². The second-order valence-corrected chi connectivity index (χ2v) is 10.7. The van der Waals surface area contributed by atoms with E-state index in [4.69, 9.17) is 4.98 Å². The van der Waals surface area contributed by atoms with Crippen molar-refractivity contribution in [2.75, 3.05) is 11.4 Å². The summed E-state index contributed by atoms with van der Waals surface area (Å²) in [4.78, 5) is 7.98. The molecule has 3 nitrogen and oxygen atoms in total. The summed E-state index contributed by atoms with van der Waals surface area (Å²) in [6.45, 7) is 14.0. The zero-order chi connectivity index (χ0) is 26.4. The highest BCUT2D eigenvalue weighted by Gasteiger charge is 2.24. The van der Waals surface area contributed by atoms with Crippen molar-refractivity contribution >= 4 is 23.5 Å². The molecule has 0 bridgehead atoms. The minimum atomic E-state index is 0.382. The summed E-state index contributed by atoms with van der Waals surface area (Å²) in [5.74, 6) is 2.49. The standard InChI is InChI=1S/C34H44N2O/c1-6-9-14-30(24(4)7-2)32-23-29-16-15-27(28-18-20-33(37)26(8-3)22-28)17-19-31(29)34(35-32)36-21-12-10-11-13-25(36)5/h6,10-11,16-20,22-25,30,37H,1,7-9,12-15,21H2,2-5H3/t24-,25-,30?/m0/s1. The number of aromatic hydroxyl groups is 1. The van der Waals surface area contributed by atoms with Crippen molar-refractivity contribution in [3.05, 3.63) is 82.4 Å². The first kappa shape index (κ1) is 27.0. The third kappa shape index (κ3) is 6.09. The molecule has 0 saturated carbocycles. The van der Waals surface area contributed by atoms with E-state index in [9.17, 15) is 5.11 Å². The number of rotatable bonds is 9. The van der Waals surface area contributed by atoms with Gasteiger partial charge in [-0.3, -0.25) is 0 Å². The highest BCUT2D eigenvalue weighted by Crippen LogP contribution is 2.31. The van der Waals surface area contributed by atoms with E-state index in [2.05, 4.69) is 81.7 Å². The molecule has 1 aliphatic heterocycles. The van der Waals surface area contributed by atoms with Gasteiger partial charge in [-0.05, 0) is 91.5 Å². The molecule has 1 N–H and O–H groups in total. The van der Waals surface area contributed by atoms with Crippen LogP contribution >= 0.6 is 0 Å². The zero-order valence-electron chi connectivity index (χ0n) is 23.2. The fourth-order valence-corrected chi connectivity index (χ4v) is 5.68. The average molecular weight is 497 g/mol. The van der Waals surface area contributed by atoms with Crippen molar-refractivity contribution in [1.29, 1.82) is 0 Å². The number of hydrogen-bond acceptors (Lipinski definition) is 3. The van der Waals surface area contributed by atoms with Gasteiger partial charge in [-0.25, -0.2) is 4.98 Å². The highest BCUT2D eigenvalue weighted by atomic mass is 16.3. The summed E-state index contributed by atoms with van der Waals surface area (Å²) in [5, 5.41) is 12.7.